The maximum atomic E-state index is 11.4. The van der Waals surface area contributed by atoms with E-state index in [9.17, 15) is 8.42 Å². The van der Waals surface area contributed by atoms with Gasteiger partial charge in [0, 0.05) is 11.8 Å². The van der Waals surface area contributed by atoms with Gasteiger partial charge in [-0.15, -0.1) is 0 Å². The molecule has 0 fully saturated rings. The molecule has 6 heteroatoms. The summed E-state index contributed by atoms with van der Waals surface area (Å²) in [5, 5.41) is 3.04. The highest BCUT2D eigenvalue weighted by Gasteiger charge is 2.24. The summed E-state index contributed by atoms with van der Waals surface area (Å²) in [7, 11) is -3.23. The lowest BCUT2D eigenvalue weighted by molar-refractivity contribution is 0.377. The number of aryl methyl sites for hydroxylation is 1. The van der Waals surface area contributed by atoms with Crippen molar-refractivity contribution in [2.75, 3.05) is 6.26 Å². The highest BCUT2D eigenvalue weighted by Crippen LogP contribution is 2.23. The normalized spacial score (nSPS) is 13.4. The molecule has 0 aliphatic carbocycles. The Morgan fingerprint density at radius 3 is 2.42 bits per heavy atom. The van der Waals surface area contributed by atoms with Crippen LogP contribution in [0.2, 0.25) is 0 Å². The molecule has 0 bridgehead atoms. The average molecular weight is 280 g/mol. The van der Waals surface area contributed by atoms with E-state index in [1.165, 1.54) is 12.5 Å². The van der Waals surface area contributed by atoms with Crippen LogP contribution in [-0.2, 0) is 16.3 Å². The van der Waals surface area contributed by atoms with Gasteiger partial charge in [0.2, 0.25) is 11.7 Å². The van der Waals surface area contributed by atoms with Crippen LogP contribution in [-0.4, -0.2) is 24.8 Å². The van der Waals surface area contributed by atoms with E-state index < -0.39 is 15.1 Å². The standard InChI is InChI=1S/C13H16N2O3S/c1-4-10-5-7-11(8-6-10)12-14-13(18-15-12)9(2)19(3,16)17/h5-9H,4H2,1-3H3/t9-/m0/s1. The number of aromatic nitrogens is 2. The molecule has 1 aromatic heterocycles. The minimum atomic E-state index is -3.23. The van der Waals surface area contributed by atoms with Gasteiger partial charge in [0.15, 0.2) is 9.84 Å². The van der Waals surface area contributed by atoms with Gasteiger partial charge in [0.25, 0.3) is 0 Å². The van der Waals surface area contributed by atoms with E-state index in [1.54, 1.807) is 0 Å². The Labute approximate surface area is 112 Å². The fourth-order valence-corrected chi connectivity index (χ4v) is 2.05. The Hall–Kier alpha value is -1.69. The average Bonchev–Trinajstić information content (AvgIpc) is 2.86. The van der Waals surface area contributed by atoms with E-state index in [0.29, 0.717) is 5.82 Å². The van der Waals surface area contributed by atoms with E-state index in [4.69, 9.17) is 4.52 Å². The van der Waals surface area contributed by atoms with Gasteiger partial charge >= 0.3 is 0 Å². The predicted octanol–water partition coefficient (Wildman–Crippen LogP) is 2.40. The topological polar surface area (TPSA) is 73.1 Å². The van der Waals surface area contributed by atoms with Gasteiger partial charge in [0.1, 0.15) is 5.25 Å². The second kappa shape index (κ2) is 5.13. The maximum absolute atomic E-state index is 11.4. The van der Waals surface area contributed by atoms with Gasteiger partial charge in [-0.25, -0.2) is 8.42 Å². The van der Waals surface area contributed by atoms with E-state index in [1.807, 2.05) is 24.3 Å². The largest absolute Gasteiger partial charge is 0.338 e. The Morgan fingerprint density at radius 1 is 1.26 bits per heavy atom. The van der Waals surface area contributed by atoms with Gasteiger partial charge in [-0.1, -0.05) is 36.3 Å². The highest BCUT2D eigenvalue weighted by molar-refractivity contribution is 7.90. The molecule has 0 saturated carbocycles. The van der Waals surface area contributed by atoms with E-state index in [0.717, 1.165) is 18.2 Å². The molecule has 2 aromatic rings. The number of hydrogen-bond acceptors (Lipinski definition) is 5. The molecular formula is C13H16N2O3S. The van der Waals surface area contributed by atoms with E-state index in [-0.39, 0.29) is 5.89 Å². The van der Waals surface area contributed by atoms with Crippen LogP contribution in [0, 0.1) is 0 Å². The van der Waals surface area contributed by atoms with Gasteiger partial charge in [0.05, 0.1) is 0 Å². The first-order valence-electron chi connectivity index (χ1n) is 6.03. The molecule has 0 N–H and O–H groups in total. The SMILES string of the molecule is CCc1ccc(-c2noc([C@H](C)S(C)(=O)=O)n2)cc1. The molecule has 2 rings (SSSR count). The summed E-state index contributed by atoms with van der Waals surface area (Å²) in [4.78, 5) is 4.15. The third-order valence-electron chi connectivity index (χ3n) is 3.05. The summed E-state index contributed by atoms with van der Waals surface area (Å²) in [6, 6.07) is 7.79. The minimum absolute atomic E-state index is 0.122. The van der Waals surface area contributed by atoms with Crippen LogP contribution in [0.5, 0.6) is 0 Å². The van der Waals surface area contributed by atoms with Crippen molar-refractivity contribution in [3.8, 4) is 11.4 Å². The second-order valence-corrected chi connectivity index (χ2v) is 6.84. The molecule has 0 saturated heterocycles. The molecule has 0 spiro atoms. The van der Waals surface area contributed by atoms with Crippen LogP contribution in [0.4, 0.5) is 0 Å². The van der Waals surface area contributed by atoms with Crippen molar-refractivity contribution in [1.82, 2.24) is 10.1 Å². The van der Waals surface area contributed by atoms with Gasteiger partial charge in [-0.3, -0.25) is 0 Å². The third kappa shape index (κ3) is 3.01. The predicted molar refractivity (Wildman–Crippen MR) is 72.4 cm³/mol. The summed E-state index contributed by atoms with van der Waals surface area (Å²) < 4.78 is 27.9. The van der Waals surface area contributed by atoms with Crippen LogP contribution in [0.15, 0.2) is 28.8 Å². The first-order chi connectivity index (χ1) is 8.91. The fraction of sp³-hybridized carbons (Fsp3) is 0.385. The van der Waals surface area contributed by atoms with E-state index in [2.05, 4.69) is 17.1 Å². The highest BCUT2D eigenvalue weighted by atomic mass is 32.2. The first-order valence-corrected chi connectivity index (χ1v) is 7.99. The zero-order chi connectivity index (χ0) is 14.0. The van der Waals surface area contributed by atoms with E-state index >= 15 is 0 Å². The second-order valence-electron chi connectivity index (χ2n) is 4.48. The molecular weight excluding hydrogens is 264 g/mol. The molecule has 1 heterocycles. The number of hydrogen-bond donors (Lipinski definition) is 0. The minimum Gasteiger partial charge on any atom is -0.338 e. The molecule has 0 radical (unpaired) electrons. The first kappa shape index (κ1) is 13.7. The summed E-state index contributed by atoms with van der Waals surface area (Å²) in [5.74, 6) is 0.533. The number of benzene rings is 1. The Kier molecular flexibility index (Phi) is 3.71. The zero-order valence-electron chi connectivity index (χ0n) is 11.1. The molecule has 1 atom stereocenters. The van der Waals surface area contributed by atoms with Gasteiger partial charge < -0.3 is 4.52 Å². The molecule has 19 heavy (non-hydrogen) atoms. The van der Waals surface area contributed by atoms with Crippen molar-refractivity contribution < 1.29 is 12.9 Å². The lowest BCUT2D eigenvalue weighted by Crippen LogP contribution is -2.07. The molecule has 1 aromatic carbocycles. The van der Waals surface area contributed by atoms with Gasteiger partial charge in [-0.05, 0) is 18.9 Å². The Balaban J connectivity index is 2.30. The van der Waals surface area contributed by atoms with Crippen molar-refractivity contribution in [1.29, 1.82) is 0 Å². The molecule has 0 aliphatic heterocycles. The molecule has 102 valence electrons. The molecule has 0 amide bonds. The fourth-order valence-electron chi connectivity index (χ4n) is 1.59. The quantitative estimate of drug-likeness (QED) is 0.859. The van der Waals surface area contributed by atoms with Crippen molar-refractivity contribution in [2.45, 2.75) is 25.5 Å². The van der Waals surface area contributed by atoms with Crippen molar-refractivity contribution in [3.63, 3.8) is 0 Å². The summed E-state index contributed by atoms with van der Waals surface area (Å²) in [5.41, 5.74) is 2.03. The van der Waals surface area contributed by atoms with Crippen molar-refractivity contribution >= 4 is 9.84 Å². The monoisotopic (exact) mass is 280 g/mol. The summed E-state index contributed by atoms with van der Waals surface area (Å²) >= 11 is 0. The molecule has 0 aliphatic rings. The Bertz CT molecular complexity index is 659. The van der Waals surface area contributed by atoms with Gasteiger partial charge in [-0.2, -0.15) is 4.98 Å². The van der Waals surface area contributed by atoms with Crippen LogP contribution in [0.3, 0.4) is 0 Å². The molecule has 0 unspecified atom stereocenters. The number of nitrogens with zero attached hydrogens (tertiary/aromatic N) is 2. The van der Waals surface area contributed by atoms with Crippen LogP contribution >= 0.6 is 0 Å². The Morgan fingerprint density at radius 2 is 1.89 bits per heavy atom. The third-order valence-corrected chi connectivity index (χ3v) is 4.54. The molecule has 5 nitrogen and oxygen atoms in total. The van der Waals surface area contributed by atoms with Crippen molar-refractivity contribution in [2.24, 2.45) is 0 Å². The maximum Gasteiger partial charge on any atom is 0.244 e. The lowest BCUT2D eigenvalue weighted by atomic mass is 10.1. The van der Waals surface area contributed by atoms with Crippen LogP contribution in [0.25, 0.3) is 11.4 Å². The van der Waals surface area contributed by atoms with Crippen LogP contribution in [0.1, 0.15) is 30.6 Å². The van der Waals surface area contributed by atoms with Crippen molar-refractivity contribution in [3.05, 3.63) is 35.7 Å². The smallest absolute Gasteiger partial charge is 0.244 e. The van der Waals surface area contributed by atoms with Crippen LogP contribution < -0.4 is 0 Å². The lowest BCUT2D eigenvalue weighted by Gasteiger charge is -2.01. The summed E-state index contributed by atoms with van der Waals surface area (Å²) in [6.07, 6.45) is 2.11. The summed E-state index contributed by atoms with van der Waals surface area (Å²) in [6.45, 7) is 3.61. The zero-order valence-corrected chi connectivity index (χ0v) is 11.9. The number of sulfone groups is 1. The number of rotatable bonds is 4.